The molecule has 5 N–H and O–H groups in total. The summed E-state index contributed by atoms with van der Waals surface area (Å²) in [6.45, 7) is 36.8. The van der Waals surface area contributed by atoms with E-state index >= 15 is 0 Å². The van der Waals surface area contributed by atoms with E-state index < -0.39 is 11.7 Å². The molecule has 0 bridgehead atoms. The second-order valence-electron chi connectivity index (χ2n) is 15.5. The molecule has 276 valence electrons. The number of halogens is 1. The normalized spacial score (nSPS) is 16.7. The average Bonchev–Trinajstić information content (AvgIpc) is 2.91. The molecule has 0 saturated heterocycles. The third-order valence-corrected chi connectivity index (χ3v) is 6.78. The molecule has 0 atom stereocenters. The highest BCUT2D eigenvalue weighted by Gasteiger charge is 2.29. The van der Waals surface area contributed by atoms with Gasteiger partial charge in [-0.3, -0.25) is 23.9 Å². The Morgan fingerprint density at radius 1 is 0.720 bits per heavy atom. The quantitative estimate of drug-likeness (QED) is 0.311. The Hall–Kier alpha value is -5.21. The molecular weight excluding hydrogens is 643 g/mol. The molecule has 14 nitrogen and oxygen atoms in total. The van der Waals surface area contributed by atoms with Gasteiger partial charge in [0.15, 0.2) is 0 Å². The van der Waals surface area contributed by atoms with E-state index in [9.17, 15) is 23.6 Å². The number of carbonyl (C=O) groups excluding carboxylic acids is 2. The third kappa shape index (κ3) is 12.7. The molecule has 0 unspecified atom stereocenters. The number of rotatable bonds is 0. The number of guanidine groups is 1. The molecule has 1 aromatic rings. The van der Waals surface area contributed by atoms with Gasteiger partial charge in [-0.1, -0.05) is 19.7 Å². The molecule has 0 spiro atoms. The first-order valence-electron chi connectivity index (χ1n) is 15.8. The first kappa shape index (κ1) is 42.8. The van der Waals surface area contributed by atoms with Gasteiger partial charge in [-0.25, -0.2) is 9.79 Å². The zero-order valence-corrected chi connectivity index (χ0v) is 31.8. The second-order valence-corrected chi connectivity index (χ2v) is 15.5. The Kier molecular flexibility index (Phi) is 13.7. The number of aromatic amines is 1. The first-order valence-corrected chi connectivity index (χ1v) is 15.8. The number of H-pyrrole nitrogens is 1. The fraction of sp³-hybridized carbons (Fsp3) is 0.486. The van der Waals surface area contributed by atoms with E-state index in [0.717, 1.165) is 0 Å². The van der Waals surface area contributed by atoms with Crippen molar-refractivity contribution in [3.05, 3.63) is 94.1 Å². The van der Waals surface area contributed by atoms with E-state index in [4.69, 9.17) is 5.73 Å². The van der Waals surface area contributed by atoms with Crippen molar-refractivity contribution in [2.45, 2.75) is 112 Å². The molecule has 4 rings (SSSR count). The fourth-order valence-electron chi connectivity index (χ4n) is 4.22. The van der Waals surface area contributed by atoms with E-state index in [-0.39, 0.29) is 45.3 Å². The number of nitrogens with one attached hydrogen (secondary N) is 3. The summed E-state index contributed by atoms with van der Waals surface area (Å²) in [5, 5.41) is 5.04. The summed E-state index contributed by atoms with van der Waals surface area (Å²) in [4.78, 5) is 59.4. The number of carbonyl (C=O) groups is 2. The summed E-state index contributed by atoms with van der Waals surface area (Å²) in [6.07, 6.45) is 6.16. The zero-order valence-electron chi connectivity index (χ0n) is 31.8. The van der Waals surface area contributed by atoms with Crippen molar-refractivity contribution in [2.75, 3.05) is 0 Å². The zero-order chi connectivity index (χ0) is 39.2. The van der Waals surface area contributed by atoms with Crippen molar-refractivity contribution in [2.24, 2.45) is 15.7 Å². The maximum Gasteiger partial charge on any atom is 0.328 e. The van der Waals surface area contributed by atoms with Crippen molar-refractivity contribution >= 4 is 24.1 Å². The number of amides is 2. The molecule has 3 aliphatic heterocycles. The van der Waals surface area contributed by atoms with E-state index in [2.05, 4.69) is 86.9 Å². The minimum atomic E-state index is -0.790. The lowest BCUT2D eigenvalue weighted by molar-refractivity contribution is -0.119. The summed E-state index contributed by atoms with van der Waals surface area (Å²) in [6, 6.07) is 1.34. The second kappa shape index (κ2) is 16.0. The average molecular weight is 699 g/mol. The molecule has 0 radical (unpaired) electrons. The molecule has 0 aromatic carbocycles. The molecule has 0 fully saturated rings. The van der Waals surface area contributed by atoms with E-state index in [1.165, 1.54) is 23.0 Å². The van der Waals surface area contributed by atoms with Crippen molar-refractivity contribution in [1.29, 1.82) is 0 Å². The van der Waals surface area contributed by atoms with Crippen LogP contribution in [0.15, 0.2) is 92.8 Å². The van der Waals surface area contributed by atoms with Crippen LogP contribution in [0.2, 0.25) is 0 Å². The van der Waals surface area contributed by atoms with Crippen LogP contribution in [0.5, 0.6) is 0 Å². The summed E-state index contributed by atoms with van der Waals surface area (Å²) in [5.41, 5.74) is 4.70. The highest BCUT2D eigenvalue weighted by atomic mass is 19.1. The number of hydrogen-bond donors (Lipinski definition) is 4. The van der Waals surface area contributed by atoms with Crippen molar-refractivity contribution in [1.82, 2.24) is 34.9 Å². The van der Waals surface area contributed by atoms with Crippen molar-refractivity contribution in [3.8, 4) is 0 Å². The van der Waals surface area contributed by atoms with Crippen LogP contribution < -0.4 is 27.6 Å². The molecule has 15 heteroatoms. The van der Waals surface area contributed by atoms with E-state index in [1.807, 2.05) is 57.5 Å². The molecule has 3 aliphatic rings. The summed E-state index contributed by atoms with van der Waals surface area (Å²) >= 11 is 0. The summed E-state index contributed by atoms with van der Waals surface area (Å²) < 4.78 is 14.4. The van der Waals surface area contributed by atoms with Crippen LogP contribution >= 0.6 is 0 Å². The van der Waals surface area contributed by atoms with Gasteiger partial charge in [-0.05, 0) is 90.0 Å². The highest BCUT2D eigenvalue weighted by molar-refractivity contribution is 5.95. The minimum Gasteiger partial charge on any atom is -0.368 e. The minimum absolute atomic E-state index is 0.0496. The lowest BCUT2D eigenvalue weighted by Gasteiger charge is -2.38. The summed E-state index contributed by atoms with van der Waals surface area (Å²) in [5.74, 6) is 0.357. The Balaban J connectivity index is 0.000000334. The van der Waals surface area contributed by atoms with Gasteiger partial charge in [-0.15, -0.1) is 0 Å². The smallest absolute Gasteiger partial charge is 0.328 e. The van der Waals surface area contributed by atoms with Gasteiger partial charge in [0, 0.05) is 52.4 Å². The van der Waals surface area contributed by atoms with Crippen LogP contribution in [-0.2, 0) is 15.1 Å². The molecule has 0 aliphatic carbocycles. The number of aliphatic imine (C=N–C) groups is 2. The van der Waals surface area contributed by atoms with Crippen LogP contribution in [0, 0.1) is 0 Å². The van der Waals surface area contributed by atoms with E-state index in [1.54, 1.807) is 18.2 Å². The SMILES string of the molecule is C=C1N=C(N)N=CN1C(C)(C)C.C=C1NC(=O)C(C)=CN1C(C)(C)C.C=C1NC(=O)C(F)=CN1C(C)(C)C.CC(C)(C)n1ccc(=O)[nH]c1=O. The summed E-state index contributed by atoms with van der Waals surface area (Å²) in [7, 11) is 0. The number of hydrogen-bond acceptors (Lipinski definition) is 10. The maximum atomic E-state index is 12.9. The van der Waals surface area contributed by atoms with Gasteiger partial charge < -0.3 is 31.1 Å². The Bertz CT molecular complexity index is 1660. The predicted octanol–water partition coefficient (Wildman–Crippen LogP) is 4.30. The standard InChI is InChI=1S/C10H16N2O.C9H13FN2O.C8H14N4.C8H12N2O2/c1-7-6-12(10(3,4)5)8(2)11-9(7)13;1-6-11-8(13)7(10)5-12(6)9(2,3)4;1-6-11-7(9)10-5-12(6)8(2,3)4;1-8(2,3)10-5-4-6(11)9-7(10)12/h6H,2H2,1,3-5H3,(H,11,13);5H,1H2,2-4H3,(H,11,13);5H,1H2,2-4H3,(H2,9,11);4-5H,1-3H3,(H,9,11,12). The Morgan fingerprint density at radius 2 is 1.18 bits per heavy atom. The van der Waals surface area contributed by atoms with Crippen molar-refractivity contribution in [3.63, 3.8) is 0 Å². The Labute approximate surface area is 294 Å². The van der Waals surface area contributed by atoms with Crippen LogP contribution in [0.1, 0.15) is 90.0 Å². The predicted molar refractivity (Wildman–Crippen MR) is 198 cm³/mol. The molecule has 50 heavy (non-hydrogen) atoms. The number of aromatic nitrogens is 2. The van der Waals surface area contributed by atoms with E-state index in [0.29, 0.717) is 23.0 Å². The number of nitrogens with two attached hydrogens (primary N) is 1. The largest absolute Gasteiger partial charge is 0.368 e. The van der Waals surface area contributed by atoms with Gasteiger partial charge in [0.1, 0.15) is 23.8 Å². The molecule has 0 saturated carbocycles. The van der Waals surface area contributed by atoms with Gasteiger partial charge in [-0.2, -0.15) is 9.38 Å². The monoisotopic (exact) mass is 698 g/mol. The van der Waals surface area contributed by atoms with Crippen molar-refractivity contribution < 1.29 is 14.0 Å². The first-order chi connectivity index (χ1) is 22.5. The van der Waals surface area contributed by atoms with Crippen LogP contribution in [-0.4, -0.2) is 65.0 Å². The van der Waals surface area contributed by atoms with Gasteiger partial charge in [0.2, 0.25) is 11.8 Å². The lowest BCUT2D eigenvalue weighted by Crippen LogP contribution is -2.46. The fourth-order valence-corrected chi connectivity index (χ4v) is 4.22. The van der Waals surface area contributed by atoms with Crippen LogP contribution in [0.4, 0.5) is 4.39 Å². The molecular formula is C35H55FN10O4. The molecule has 2 amide bonds. The third-order valence-electron chi connectivity index (χ3n) is 6.78. The molecule has 4 heterocycles. The lowest BCUT2D eigenvalue weighted by atomic mass is 10.1. The maximum absolute atomic E-state index is 12.9. The van der Waals surface area contributed by atoms with Crippen LogP contribution in [0.3, 0.4) is 0 Å². The van der Waals surface area contributed by atoms with Gasteiger partial charge in [0.25, 0.3) is 17.4 Å². The number of nitrogens with zero attached hydrogens (tertiary/aromatic N) is 6. The van der Waals surface area contributed by atoms with Gasteiger partial charge >= 0.3 is 5.69 Å². The van der Waals surface area contributed by atoms with Crippen LogP contribution in [0.25, 0.3) is 0 Å². The van der Waals surface area contributed by atoms with Gasteiger partial charge in [0.05, 0.1) is 0 Å². The molecule has 1 aromatic heterocycles. The highest BCUT2D eigenvalue weighted by Crippen LogP contribution is 2.23. The Morgan fingerprint density at radius 3 is 1.60 bits per heavy atom. The topological polar surface area (TPSA) is 174 Å².